The van der Waals surface area contributed by atoms with Crippen LogP contribution in [0, 0.1) is 0 Å². The van der Waals surface area contributed by atoms with Crippen LogP contribution in [0.4, 0.5) is 18.9 Å². The van der Waals surface area contributed by atoms with Gasteiger partial charge in [0, 0.05) is 28.0 Å². The Morgan fingerprint density at radius 3 is 2.70 bits per heavy atom. The number of nitrogens with zero attached hydrogens (tertiary/aromatic N) is 3. The number of benzene rings is 2. The summed E-state index contributed by atoms with van der Waals surface area (Å²) in [6, 6.07) is 12.0. The number of halogens is 3. The van der Waals surface area contributed by atoms with Crippen LogP contribution in [0.2, 0.25) is 0 Å². The lowest BCUT2D eigenvalue weighted by Gasteiger charge is -2.41. The molecule has 0 radical (unpaired) electrons. The first kappa shape index (κ1) is 20.3. The fraction of sp³-hybridized carbons (Fsp3) is 0.318. The van der Waals surface area contributed by atoms with Crippen LogP contribution in [0.15, 0.2) is 59.9 Å². The minimum Gasteiger partial charge on any atom is -0.493 e. The van der Waals surface area contributed by atoms with Gasteiger partial charge in [0.1, 0.15) is 5.75 Å². The molecule has 8 heteroatoms. The third-order valence-electron chi connectivity index (χ3n) is 5.58. The molecule has 2 unspecified atom stereocenters. The van der Waals surface area contributed by atoms with E-state index in [1.807, 2.05) is 0 Å². The smallest absolute Gasteiger partial charge is 0.422 e. The summed E-state index contributed by atoms with van der Waals surface area (Å²) >= 11 is 0. The topological polar surface area (TPSA) is 67.6 Å². The molecule has 5 nitrogen and oxygen atoms in total. The summed E-state index contributed by atoms with van der Waals surface area (Å²) in [6.07, 6.45) is -1.59. The van der Waals surface area contributed by atoms with Gasteiger partial charge in [-0.05, 0) is 25.0 Å². The van der Waals surface area contributed by atoms with Gasteiger partial charge in [0.2, 0.25) is 0 Å². The first-order chi connectivity index (χ1) is 14.2. The van der Waals surface area contributed by atoms with E-state index in [0.29, 0.717) is 34.7 Å². The molecule has 4 rings (SSSR count). The Balaban J connectivity index is 1.73. The maximum Gasteiger partial charge on any atom is 0.422 e. The lowest BCUT2D eigenvalue weighted by Crippen LogP contribution is -2.51. The number of alkyl halides is 3. The maximum absolute atomic E-state index is 14.0. The molecule has 1 aliphatic heterocycles. The summed E-state index contributed by atoms with van der Waals surface area (Å²) in [5.41, 5.74) is -3.13. The van der Waals surface area contributed by atoms with Gasteiger partial charge in [0.25, 0.3) is 0 Å². The molecule has 1 N–H and O–H groups in total. The summed E-state index contributed by atoms with van der Waals surface area (Å²) < 4.78 is 47.7. The third kappa shape index (κ3) is 3.63. The molecule has 0 spiro atoms. The fourth-order valence-electron chi connectivity index (χ4n) is 3.91. The molecule has 0 saturated carbocycles. The molecule has 2 atom stereocenters. The van der Waals surface area contributed by atoms with Crippen molar-refractivity contribution in [1.82, 2.24) is 10.2 Å². The highest BCUT2D eigenvalue weighted by molar-refractivity contribution is 5.93. The molecule has 0 aliphatic carbocycles. The van der Waals surface area contributed by atoms with Crippen LogP contribution in [0.5, 0.6) is 5.75 Å². The van der Waals surface area contributed by atoms with Crippen molar-refractivity contribution in [2.24, 2.45) is 4.99 Å². The molecule has 30 heavy (non-hydrogen) atoms. The van der Waals surface area contributed by atoms with Gasteiger partial charge in [0.05, 0.1) is 24.7 Å². The minimum absolute atomic E-state index is 0.278. The second-order valence-electron chi connectivity index (χ2n) is 7.78. The molecule has 0 saturated heterocycles. The van der Waals surface area contributed by atoms with Crippen molar-refractivity contribution in [3.05, 3.63) is 60.4 Å². The molecule has 1 aromatic heterocycles. The highest BCUT2D eigenvalue weighted by Gasteiger charge is 2.56. The largest absolute Gasteiger partial charge is 0.493 e. The monoisotopic (exact) mass is 415 g/mol. The normalized spacial score (nSPS) is 21.2. The molecular weight excluding hydrogens is 395 g/mol. The van der Waals surface area contributed by atoms with Gasteiger partial charge >= 0.3 is 6.18 Å². The molecular formula is C22H20F3N3O2. The zero-order valence-electron chi connectivity index (χ0n) is 16.2. The van der Waals surface area contributed by atoms with E-state index in [1.54, 1.807) is 49.4 Å². The first-order valence-corrected chi connectivity index (χ1v) is 9.48. The van der Waals surface area contributed by atoms with Crippen molar-refractivity contribution in [2.75, 3.05) is 6.61 Å². The number of aliphatic hydroxyl groups is 1. The number of ether oxygens (including phenoxy) is 1. The number of rotatable bonds is 4. The second kappa shape index (κ2) is 7.36. The summed E-state index contributed by atoms with van der Waals surface area (Å²) in [5.74, 6) is 0.542. The van der Waals surface area contributed by atoms with Gasteiger partial charge in [-0.25, -0.2) is 0 Å². The van der Waals surface area contributed by atoms with E-state index in [9.17, 15) is 18.3 Å². The van der Waals surface area contributed by atoms with Crippen LogP contribution >= 0.6 is 0 Å². The Morgan fingerprint density at radius 1 is 1.13 bits per heavy atom. The van der Waals surface area contributed by atoms with E-state index in [1.165, 1.54) is 12.4 Å². The van der Waals surface area contributed by atoms with E-state index >= 15 is 0 Å². The molecule has 3 aromatic rings. The molecule has 1 aliphatic rings. The van der Waals surface area contributed by atoms with E-state index in [2.05, 4.69) is 15.2 Å². The van der Waals surface area contributed by atoms with Crippen molar-refractivity contribution in [3.63, 3.8) is 0 Å². The Morgan fingerprint density at radius 2 is 1.90 bits per heavy atom. The van der Waals surface area contributed by atoms with Crippen LogP contribution in [0.3, 0.4) is 0 Å². The Kier molecular flexibility index (Phi) is 4.97. The summed E-state index contributed by atoms with van der Waals surface area (Å²) in [7, 11) is 0. The first-order valence-electron chi connectivity index (χ1n) is 9.48. The highest BCUT2D eigenvalue weighted by Crippen LogP contribution is 2.47. The zero-order valence-corrected chi connectivity index (χ0v) is 16.2. The number of fused-ring (bicyclic) bond motifs is 2. The predicted molar refractivity (Wildman–Crippen MR) is 107 cm³/mol. The van der Waals surface area contributed by atoms with Gasteiger partial charge in [-0.2, -0.15) is 23.4 Å². The molecule has 0 fully saturated rings. The van der Waals surface area contributed by atoms with Crippen molar-refractivity contribution < 1.29 is 23.0 Å². The van der Waals surface area contributed by atoms with Crippen LogP contribution in [0.25, 0.3) is 10.8 Å². The van der Waals surface area contributed by atoms with E-state index in [0.717, 1.165) is 0 Å². The number of hydrogen-bond donors (Lipinski definition) is 1. The Labute approximate surface area is 171 Å². The number of hydrogen-bond acceptors (Lipinski definition) is 5. The van der Waals surface area contributed by atoms with Crippen LogP contribution in [0.1, 0.15) is 25.3 Å². The standard InChI is InChI=1S/C22H20F3N3O2/c1-20(9-10-30-19-8-3-2-6-17(19)20)13-21(29,22(23,24)25)14-26-18-7-4-5-15-11-27-28-12-16(15)18/h2-8,11-12,14,29H,9-10,13H2,1H3. The number of aromatic nitrogens is 2. The third-order valence-corrected chi connectivity index (χ3v) is 5.58. The van der Waals surface area contributed by atoms with Crippen molar-refractivity contribution >= 4 is 22.7 Å². The minimum atomic E-state index is -4.91. The zero-order chi connectivity index (χ0) is 21.4. The Hall–Kier alpha value is -3.00. The van der Waals surface area contributed by atoms with Crippen LogP contribution in [-0.4, -0.2) is 39.9 Å². The van der Waals surface area contributed by atoms with Crippen molar-refractivity contribution in [2.45, 2.75) is 37.0 Å². The van der Waals surface area contributed by atoms with Crippen LogP contribution < -0.4 is 4.74 Å². The lowest BCUT2D eigenvalue weighted by atomic mass is 9.70. The number of aliphatic imine (C=N–C) groups is 1. The van der Waals surface area contributed by atoms with Gasteiger partial charge in [0.15, 0.2) is 5.60 Å². The molecule has 156 valence electrons. The number of para-hydroxylation sites is 1. The van der Waals surface area contributed by atoms with Gasteiger partial charge in [-0.15, -0.1) is 0 Å². The van der Waals surface area contributed by atoms with E-state index < -0.39 is 23.6 Å². The fourth-order valence-corrected chi connectivity index (χ4v) is 3.91. The Bertz CT molecular complexity index is 1100. The summed E-state index contributed by atoms with van der Waals surface area (Å²) in [4.78, 5) is 4.03. The lowest BCUT2D eigenvalue weighted by molar-refractivity contribution is -0.235. The van der Waals surface area contributed by atoms with Gasteiger partial charge in [-0.1, -0.05) is 37.3 Å². The second-order valence-corrected chi connectivity index (χ2v) is 7.78. The van der Waals surface area contributed by atoms with Crippen molar-refractivity contribution in [3.8, 4) is 5.75 Å². The van der Waals surface area contributed by atoms with Gasteiger partial charge in [-0.3, -0.25) is 4.99 Å². The predicted octanol–water partition coefficient (Wildman–Crippen LogP) is 4.76. The molecule has 2 heterocycles. The summed E-state index contributed by atoms with van der Waals surface area (Å²) in [5, 5.41) is 19.6. The molecule has 0 bridgehead atoms. The quantitative estimate of drug-likeness (QED) is 0.624. The molecule has 0 amide bonds. The maximum atomic E-state index is 14.0. The SMILES string of the molecule is CC1(CC(O)(C=Nc2cccc3cnncc23)C(F)(F)F)CCOc2ccccc21. The van der Waals surface area contributed by atoms with E-state index in [4.69, 9.17) is 4.74 Å². The highest BCUT2D eigenvalue weighted by atomic mass is 19.4. The van der Waals surface area contributed by atoms with Gasteiger partial charge < -0.3 is 9.84 Å². The summed E-state index contributed by atoms with van der Waals surface area (Å²) in [6.45, 7) is 1.99. The average molecular weight is 415 g/mol. The average Bonchev–Trinajstić information content (AvgIpc) is 2.72. The molecule has 2 aromatic carbocycles. The van der Waals surface area contributed by atoms with E-state index in [-0.39, 0.29) is 12.3 Å². The van der Waals surface area contributed by atoms with Crippen molar-refractivity contribution in [1.29, 1.82) is 0 Å². The van der Waals surface area contributed by atoms with Crippen LogP contribution in [-0.2, 0) is 5.41 Å².